The van der Waals surface area contributed by atoms with Gasteiger partial charge in [0.1, 0.15) is 0 Å². The Morgan fingerprint density at radius 3 is 3.06 bits per heavy atom. The zero-order chi connectivity index (χ0) is 12.1. The van der Waals surface area contributed by atoms with E-state index in [1.165, 1.54) is 0 Å². The lowest BCUT2D eigenvalue weighted by Gasteiger charge is -2.02. The summed E-state index contributed by atoms with van der Waals surface area (Å²) in [6.07, 6.45) is 4.15. The summed E-state index contributed by atoms with van der Waals surface area (Å²) in [5.41, 5.74) is 0. The molecule has 0 unspecified atom stereocenters. The average molecular weight is 273 g/mol. The smallest absolute Gasteiger partial charge is 0.282 e. The number of halogens is 1. The molecule has 9 heteroatoms. The molecule has 0 spiro atoms. The SMILES string of the molecule is O=C(NCCCn1ccnn1)c1nnc(Cl)s1. The number of carbonyl (C=O) groups is 1. The standard InChI is InChI=1S/C8H9ClN6OS/c9-8-13-12-7(17-8)6(16)10-2-1-4-15-5-3-11-14-15/h3,5H,1-2,4H2,(H,10,16). The van der Waals surface area contributed by atoms with Gasteiger partial charge in [0.05, 0.1) is 6.20 Å². The van der Waals surface area contributed by atoms with Gasteiger partial charge in [-0.1, -0.05) is 16.6 Å². The maximum absolute atomic E-state index is 11.5. The molecule has 2 aromatic heterocycles. The number of amides is 1. The molecule has 90 valence electrons. The minimum atomic E-state index is -0.256. The van der Waals surface area contributed by atoms with Crippen molar-refractivity contribution in [2.45, 2.75) is 13.0 Å². The van der Waals surface area contributed by atoms with Crippen molar-refractivity contribution in [3.05, 3.63) is 21.9 Å². The molecule has 0 aromatic carbocycles. The highest BCUT2D eigenvalue weighted by atomic mass is 35.5. The van der Waals surface area contributed by atoms with Crippen molar-refractivity contribution in [2.75, 3.05) is 6.54 Å². The van der Waals surface area contributed by atoms with Crippen LogP contribution in [-0.2, 0) is 6.54 Å². The number of rotatable bonds is 5. The van der Waals surface area contributed by atoms with Crippen LogP contribution in [0, 0.1) is 0 Å². The largest absolute Gasteiger partial charge is 0.350 e. The van der Waals surface area contributed by atoms with Gasteiger partial charge in [0.2, 0.25) is 9.47 Å². The van der Waals surface area contributed by atoms with E-state index in [1.54, 1.807) is 17.1 Å². The quantitative estimate of drug-likeness (QED) is 0.806. The zero-order valence-corrected chi connectivity index (χ0v) is 10.3. The summed E-state index contributed by atoms with van der Waals surface area (Å²) in [4.78, 5) is 11.5. The van der Waals surface area contributed by atoms with Crippen molar-refractivity contribution in [3.8, 4) is 0 Å². The first-order valence-corrected chi connectivity index (χ1v) is 6.06. The predicted molar refractivity (Wildman–Crippen MR) is 61.9 cm³/mol. The van der Waals surface area contributed by atoms with Crippen LogP contribution in [0.3, 0.4) is 0 Å². The van der Waals surface area contributed by atoms with Crippen LogP contribution < -0.4 is 5.32 Å². The second kappa shape index (κ2) is 5.69. The van der Waals surface area contributed by atoms with Gasteiger partial charge in [0, 0.05) is 19.3 Å². The first kappa shape index (κ1) is 11.9. The van der Waals surface area contributed by atoms with E-state index in [1.807, 2.05) is 0 Å². The second-order valence-corrected chi connectivity index (χ2v) is 4.70. The summed E-state index contributed by atoms with van der Waals surface area (Å²) < 4.78 is 1.96. The van der Waals surface area contributed by atoms with Gasteiger partial charge in [0.25, 0.3) is 5.91 Å². The molecule has 0 fully saturated rings. The van der Waals surface area contributed by atoms with E-state index in [2.05, 4.69) is 25.8 Å². The van der Waals surface area contributed by atoms with Gasteiger partial charge in [-0.3, -0.25) is 9.48 Å². The number of aryl methyl sites for hydroxylation is 1. The molecule has 2 aromatic rings. The van der Waals surface area contributed by atoms with E-state index in [-0.39, 0.29) is 15.4 Å². The normalized spacial score (nSPS) is 10.4. The first-order valence-electron chi connectivity index (χ1n) is 4.87. The molecular weight excluding hydrogens is 264 g/mol. The predicted octanol–water partition coefficient (Wildman–Crippen LogP) is 0.603. The highest BCUT2D eigenvalue weighted by molar-refractivity contribution is 7.17. The highest BCUT2D eigenvalue weighted by Gasteiger charge is 2.10. The Labute approximate surface area is 106 Å². The summed E-state index contributed by atoms with van der Waals surface area (Å²) >= 11 is 6.63. The number of hydrogen-bond acceptors (Lipinski definition) is 6. The molecule has 0 aliphatic rings. The van der Waals surface area contributed by atoms with E-state index < -0.39 is 0 Å². The molecule has 0 saturated heterocycles. The maximum Gasteiger partial charge on any atom is 0.282 e. The van der Waals surface area contributed by atoms with Crippen LogP contribution in [-0.4, -0.2) is 37.6 Å². The third-order valence-electron chi connectivity index (χ3n) is 1.92. The van der Waals surface area contributed by atoms with Crippen molar-refractivity contribution < 1.29 is 4.79 Å². The van der Waals surface area contributed by atoms with Crippen molar-refractivity contribution in [1.29, 1.82) is 0 Å². The number of aromatic nitrogens is 5. The molecule has 1 N–H and O–H groups in total. The molecule has 2 heterocycles. The summed E-state index contributed by atoms with van der Waals surface area (Å²) in [6, 6.07) is 0. The van der Waals surface area contributed by atoms with E-state index in [0.717, 1.165) is 17.8 Å². The Morgan fingerprint density at radius 2 is 2.41 bits per heavy atom. The Morgan fingerprint density at radius 1 is 1.53 bits per heavy atom. The summed E-state index contributed by atoms with van der Waals surface area (Å²) in [5, 5.41) is 17.7. The van der Waals surface area contributed by atoms with Crippen LogP contribution in [0.1, 0.15) is 16.2 Å². The van der Waals surface area contributed by atoms with E-state index in [0.29, 0.717) is 13.1 Å². The van der Waals surface area contributed by atoms with Gasteiger partial charge in [-0.25, -0.2) is 0 Å². The van der Waals surface area contributed by atoms with Gasteiger partial charge in [-0.15, -0.1) is 15.3 Å². The first-order chi connectivity index (χ1) is 8.25. The highest BCUT2D eigenvalue weighted by Crippen LogP contribution is 2.14. The van der Waals surface area contributed by atoms with Crippen LogP contribution in [0.4, 0.5) is 0 Å². The zero-order valence-electron chi connectivity index (χ0n) is 8.71. The third-order valence-corrected chi connectivity index (χ3v) is 2.93. The van der Waals surface area contributed by atoms with Gasteiger partial charge < -0.3 is 5.32 Å². The molecule has 7 nitrogen and oxygen atoms in total. The Bertz CT molecular complexity index is 484. The van der Waals surface area contributed by atoms with Crippen LogP contribution in [0.5, 0.6) is 0 Å². The van der Waals surface area contributed by atoms with Crippen molar-refractivity contribution in [3.63, 3.8) is 0 Å². The molecule has 1 amide bonds. The molecule has 0 atom stereocenters. The van der Waals surface area contributed by atoms with Crippen LogP contribution >= 0.6 is 22.9 Å². The van der Waals surface area contributed by atoms with Gasteiger partial charge in [-0.2, -0.15) is 0 Å². The molecule has 0 aliphatic heterocycles. The van der Waals surface area contributed by atoms with Crippen molar-refractivity contribution >= 4 is 28.8 Å². The topological polar surface area (TPSA) is 85.6 Å². The molecule has 0 saturated carbocycles. The molecule has 0 aliphatic carbocycles. The maximum atomic E-state index is 11.5. The number of nitrogens with one attached hydrogen (secondary N) is 1. The molecule has 17 heavy (non-hydrogen) atoms. The van der Waals surface area contributed by atoms with Gasteiger partial charge in [-0.05, 0) is 18.0 Å². The Hall–Kier alpha value is -1.54. The minimum absolute atomic E-state index is 0.256. The minimum Gasteiger partial charge on any atom is -0.350 e. The summed E-state index contributed by atoms with van der Waals surface area (Å²) in [5.74, 6) is -0.256. The van der Waals surface area contributed by atoms with Crippen molar-refractivity contribution in [2.24, 2.45) is 0 Å². The lowest BCUT2D eigenvalue weighted by molar-refractivity contribution is 0.0951. The molecule has 2 rings (SSSR count). The van der Waals surface area contributed by atoms with E-state index >= 15 is 0 Å². The van der Waals surface area contributed by atoms with Crippen LogP contribution in [0.2, 0.25) is 4.47 Å². The summed E-state index contributed by atoms with van der Waals surface area (Å²) in [7, 11) is 0. The van der Waals surface area contributed by atoms with Gasteiger partial charge >= 0.3 is 0 Å². The monoisotopic (exact) mass is 272 g/mol. The van der Waals surface area contributed by atoms with Crippen LogP contribution in [0.15, 0.2) is 12.4 Å². The van der Waals surface area contributed by atoms with E-state index in [4.69, 9.17) is 11.6 Å². The lowest BCUT2D eigenvalue weighted by Crippen LogP contribution is -2.25. The molecule has 0 radical (unpaired) electrons. The molecular formula is C8H9ClN6OS. The average Bonchev–Trinajstić information content (AvgIpc) is 2.95. The number of nitrogens with zero attached hydrogens (tertiary/aromatic N) is 5. The van der Waals surface area contributed by atoms with Crippen molar-refractivity contribution in [1.82, 2.24) is 30.5 Å². The van der Waals surface area contributed by atoms with Gasteiger partial charge in [0.15, 0.2) is 0 Å². The third kappa shape index (κ3) is 3.46. The second-order valence-electron chi connectivity index (χ2n) is 3.14. The number of carbonyl (C=O) groups excluding carboxylic acids is 1. The Kier molecular flexibility index (Phi) is 3.99. The Balaban J connectivity index is 1.70. The summed E-state index contributed by atoms with van der Waals surface area (Å²) in [6.45, 7) is 1.24. The lowest BCUT2D eigenvalue weighted by atomic mass is 10.4. The van der Waals surface area contributed by atoms with Crippen LogP contribution in [0.25, 0.3) is 0 Å². The number of hydrogen-bond donors (Lipinski definition) is 1. The van der Waals surface area contributed by atoms with E-state index in [9.17, 15) is 4.79 Å². The fourth-order valence-electron chi connectivity index (χ4n) is 1.17. The fourth-order valence-corrected chi connectivity index (χ4v) is 1.91. The molecule has 0 bridgehead atoms. The fraction of sp³-hybridized carbons (Fsp3) is 0.375.